The van der Waals surface area contributed by atoms with E-state index in [2.05, 4.69) is 14.9 Å². The van der Waals surface area contributed by atoms with Crippen LogP contribution in [0.25, 0.3) is 11.4 Å². The zero-order valence-electron chi connectivity index (χ0n) is 14.4. The van der Waals surface area contributed by atoms with Crippen molar-refractivity contribution in [1.29, 1.82) is 0 Å². The number of benzene rings is 1. The molecular weight excluding hydrogens is 424 g/mol. The topological polar surface area (TPSA) is 145 Å². The van der Waals surface area contributed by atoms with Crippen LogP contribution in [0.1, 0.15) is 31.1 Å². The highest BCUT2D eigenvalue weighted by atomic mass is 32.2. The molecule has 0 spiro atoms. The average Bonchev–Trinajstić information content (AvgIpc) is 3.22. The third-order valence-electron chi connectivity index (χ3n) is 4.43. The number of hydrogen-bond donors (Lipinski definition) is 2. The van der Waals surface area contributed by atoms with Crippen LogP contribution in [0.2, 0.25) is 0 Å². The van der Waals surface area contributed by atoms with Gasteiger partial charge in [0.1, 0.15) is 4.21 Å². The van der Waals surface area contributed by atoms with Crippen molar-refractivity contribution in [2.24, 2.45) is 5.14 Å². The molecule has 0 radical (unpaired) electrons. The summed E-state index contributed by atoms with van der Waals surface area (Å²) in [5.41, 5.74) is 0.776. The van der Waals surface area contributed by atoms with Gasteiger partial charge in [0, 0.05) is 22.5 Å². The van der Waals surface area contributed by atoms with Gasteiger partial charge in [-0.15, -0.1) is 11.3 Å². The molecule has 28 heavy (non-hydrogen) atoms. The lowest BCUT2D eigenvalue weighted by Crippen LogP contribution is -2.13. The van der Waals surface area contributed by atoms with E-state index in [-0.39, 0.29) is 14.8 Å². The van der Waals surface area contributed by atoms with Crippen LogP contribution < -0.4 is 9.86 Å². The Morgan fingerprint density at radius 2 is 1.86 bits per heavy atom. The van der Waals surface area contributed by atoms with E-state index in [1.165, 1.54) is 30.3 Å². The number of primary sulfonamides is 1. The first-order chi connectivity index (χ1) is 13.2. The summed E-state index contributed by atoms with van der Waals surface area (Å²) in [6, 6.07) is 6.59. The van der Waals surface area contributed by atoms with E-state index in [0.29, 0.717) is 23.2 Å². The number of nitrogens with one attached hydrogen (secondary N) is 1. The van der Waals surface area contributed by atoms with Gasteiger partial charge in [0.15, 0.2) is 0 Å². The normalized spacial score (nSPS) is 15.3. The standard InChI is InChI=1S/C16H16N4O5S3/c17-27(21,22)13-6-4-12(5-7-13)20-28(23,24)14-8-11(9-26-14)15-18-16(25-19-15)10-2-1-3-10/h4-10,20H,1-3H2,(H2,17,21,22). The van der Waals surface area contributed by atoms with Crippen molar-refractivity contribution in [3.63, 3.8) is 0 Å². The van der Waals surface area contributed by atoms with Gasteiger partial charge in [-0.3, -0.25) is 4.72 Å². The summed E-state index contributed by atoms with van der Waals surface area (Å²) >= 11 is 1.03. The van der Waals surface area contributed by atoms with Gasteiger partial charge in [-0.25, -0.2) is 22.0 Å². The predicted octanol–water partition coefficient (Wildman–Crippen LogP) is 2.51. The Balaban J connectivity index is 1.53. The van der Waals surface area contributed by atoms with E-state index in [1.54, 1.807) is 5.38 Å². The van der Waals surface area contributed by atoms with E-state index < -0.39 is 20.0 Å². The molecule has 1 aliphatic carbocycles. The van der Waals surface area contributed by atoms with Crippen LogP contribution in [-0.4, -0.2) is 27.0 Å². The molecule has 1 aromatic carbocycles. The van der Waals surface area contributed by atoms with Crippen LogP contribution in [0.4, 0.5) is 5.69 Å². The quantitative estimate of drug-likeness (QED) is 0.599. The molecule has 4 rings (SSSR count). The molecule has 3 N–H and O–H groups in total. The lowest BCUT2D eigenvalue weighted by Gasteiger charge is -2.20. The Kier molecular flexibility index (Phi) is 4.73. The van der Waals surface area contributed by atoms with Gasteiger partial charge in [0.05, 0.1) is 4.90 Å². The summed E-state index contributed by atoms with van der Waals surface area (Å²) < 4.78 is 55.5. The number of thiophene rings is 1. The zero-order chi connectivity index (χ0) is 19.9. The SMILES string of the molecule is NS(=O)(=O)c1ccc(NS(=O)(=O)c2cc(-c3noc(C4CCC4)n3)cs2)cc1. The van der Waals surface area contributed by atoms with Crippen molar-refractivity contribution < 1.29 is 21.4 Å². The number of hydrogen-bond acceptors (Lipinski definition) is 8. The minimum absolute atomic E-state index is 0.0769. The number of nitrogens with two attached hydrogens (primary N) is 1. The molecule has 3 aromatic rings. The molecule has 2 heterocycles. The second kappa shape index (κ2) is 6.95. The predicted molar refractivity (Wildman–Crippen MR) is 103 cm³/mol. The summed E-state index contributed by atoms with van der Waals surface area (Å²) in [5.74, 6) is 1.24. The summed E-state index contributed by atoms with van der Waals surface area (Å²) in [6.07, 6.45) is 3.20. The Hall–Kier alpha value is -2.28. The van der Waals surface area contributed by atoms with E-state index in [9.17, 15) is 16.8 Å². The fourth-order valence-corrected chi connectivity index (χ4v) is 5.40. The molecule has 148 valence electrons. The van der Waals surface area contributed by atoms with Crippen LogP contribution in [0.15, 0.2) is 49.3 Å². The first kappa shape index (κ1) is 19.1. The molecular formula is C16H16N4O5S3. The molecule has 1 fully saturated rings. The van der Waals surface area contributed by atoms with Crippen LogP contribution in [0.3, 0.4) is 0 Å². The van der Waals surface area contributed by atoms with Gasteiger partial charge >= 0.3 is 0 Å². The molecule has 0 bridgehead atoms. The highest BCUT2D eigenvalue weighted by Crippen LogP contribution is 2.36. The van der Waals surface area contributed by atoms with Crippen LogP contribution in [0.5, 0.6) is 0 Å². The molecule has 0 amide bonds. The van der Waals surface area contributed by atoms with Crippen LogP contribution in [0, 0.1) is 0 Å². The minimum Gasteiger partial charge on any atom is -0.339 e. The van der Waals surface area contributed by atoms with Gasteiger partial charge in [-0.05, 0) is 43.2 Å². The second-order valence-corrected chi connectivity index (χ2v) is 10.8. The number of anilines is 1. The fraction of sp³-hybridized carbons (Fsp3) is 0.250. The monoisotopic (exact) mass is 440 g/mol. The summed E-state index contributed by atoms with van der Waals surface area (Å²) in [6.45, 7) is 0. The molecule has 0 unspecified atom stereocenters. The summed E-state index contributed by atoms with van der Waals surface area (Å²) in [5, 5.41) is 10.6. The summed E-state index contributed by atoms with van der Waals surface area (Å²) in [7, 11) is -7.69. The first-order valence-electron chi connectivity index (χ1n) is 8.30. The highest BCUT2D eigenvalue weighted by molar-refractivity contribution is 7.94. The number of rotatable bonds is 6. The van der Waals surface area contributed by atoms with E-state index >= 15 is 0 Å². The molecule has 1 saturated carbocycles. The van der Waals surface area contributed by atoms with Crippen molar-refractivity contribution >= 4 is 37.1 Å². The molecule has 0 aliphatic heterocycles. The molecule has 1 aliphatic rings. The Morgan fingerprint density at radius 1 is 1.14 bits per heavy atom. The third kappa shape index (κ3) is 3.81. The Morgan fingerprint density at radius 3 is 2.46 bits per heavy atom. The van der Waals surface area contributed by atoms with Gasteiger partial charge in [0.25, 0.3) is 10.0 Å². The maximum absolute atomic E-state index is 12.6. The van der Waals surface area contributed by atoms with E-state index in [1.807, 2.05) is 0 Å². The molecule has 12 heteroatoms. The Bertz CT molecular complexity index is 1210. The molecule has 0 saturated heterocycles. The van der Waals surface area contributed by atoms with Gasteiger partial charge in [0.2, 0.25) is 21.7 Å². The zero-order valence-corrected chi connectivity index (χ0v) is 16.9. The minimum atomic E-state index is -3.85. The van der Waals surface area contributed by atoms with Crippen molar-refractivity contribution in [1.82, 2.24) is 10.1 Å². The van der Waals surface area contributed by atoms with Crippen molar-refractivity contribution in [2.45, 2.75) is 34.3 Å². The summed E-state index contributed by atoms with van der Waals surface area (Å²) in [4.78, 5) is 4.26. The number of nitrogens with zero attached hydrogens (tertiary/aromatic N) is 2. The molecule has 0 atom stereocenters. The lowest BCUT2D eigenvalue weighted by molar-refractivity contribution is 0.292. The van der Waals surface area contributed by atoms with Crippen LogP contribution >= 0.6 is 11.3 Å². The molecule has 9 nitrogen and oxygen atoms in total. The van der Waals surface area contributed by atoms with Crippen molar-refractivity contribution in [3.8, 4) is 11.4 Å². The largest absolute Gasteiger partial charge is 0.339 e. The van der Waals surface area contributed by atoms with E-state index in [4.69, 9.17) is 9.66 Å². The fourth-order valence-electron chi connectivity index (χ4n) is 2.67. The third-order valence-corrected chi connectivity index (χ3v) is 8.18. The Labute approximate surface area is 165 Å². The van der Waals surface area contributed by atoms with E-state index in [0.717, 1.165) is 30.6 Å². The van der Waals surface area contributed by atoms with Crippen molar-refractivity contribution in [3.05, 3.63) is 41.6 Å². The van der Waals surface area contributed by atoms with Crippen LogP contribution in [-0.2, 0) is 20.0 Å². The smallest absolute Gasteiger partial charge is 0.271 e. The number of aromatic nitrogens is 2. The number of sulfonamides is 2. The van der Waals surface area contributed by atoms with Gasteiger partial charge in [-0.2, -0.15) is 4.98 Å². The second-order valence-electron chi connectivity index (χ2n) is 6.41. The highest BCUT2D eigenvalue weighted by Gasteiger charge is 2.26. The maximum atomic E-state index is 12.6. The van der Waals surface area contributed by atoms with Crippen molar-refractivity contribution in [2.75, 3.05) is 4.72 Å². The first-order valence-corrected chi connectivity index (χ1v) is 12.2. The average molecular weight is 441 g/mol. The molecule has 2 aromatic heterocycles. The van der Waals surface area contributed by atoms with Gasteiger partial charge in [-0.1, -0.05) is 11.6 Å². The lowest BCUT2D eigenvalue weighted by atomic mass is 9.85. The maximum Gasteiger partial charge on any atom is 0.271 e. The van der Waals surface area contributed by atoms with Gasteiger partial charge < -0.3 is 4.52 Å².